The summed E-state index contributed by atoms with van der Waals surface area (Å²) < 4.78 is 0. The molecule has 1 aromatic carbocycles. The Morgan fingerprint density at radius 1 is 1.43 bits per heavy atom. The second-order valence-corrected chi connectivity index (χ2v) is 5.69. The molecule has 0 aliphatic heterocycles. The lowest BCUT2D eigenvalue weighted by molar-refractivity contribution is 0.0997. The van der Waals surface area contributed by atoms with Crippen molar-refractivity contribution in [2.75, 3.05) is 11.9 Å². The summed E-state index contributed by atoms with van der Waals surface area (Å²) in [7, 11) is 1.62. The van der Waals surface area contributed by atoms with Crippen LogP contribution in [-0.2, 0) is 0 Å². The van der Waals surface area contributed by atoms with Crippen LogP contribution in [-0.4, -0.2) is 24.0 Å². The smallest absolute Gasteiger partial charge is 0.269 e. The minimum absolute atomic E-state index is 0.0568. The lowest BCUT2D eigenvalue weighted by Gasteiger charge is -2.19. The highest BCUT2D eigenvalue weighted by Crippen LogP contribution is 2.30. The third-order valence-corrected chi connectivity index (χ3v) is 4.73. The van der Waals surface area contributed by atoms with Crippen LogP contribution in [0.5, 0.6) is 0 Å². The average Bonchev–Trinajstić information content (AvgIpc) is 2.84. The summed E-state index contributed by atoms with van der Waals surface area (Å²) >= 11 is 7.43. The molecule has 3 N–H and O–H groups in total. The van der Waals surface area contributed by atoms with Gasteiger partial charge in [-0.3, -0.25) is 4.79 Å². The molecule has 0 aliphatic carbocycles. The molecule has 0 unspecified atom stereocenters. The van der Waals surface area contributed by atoms with E-state index < -0.39 is 0 Å². The van der Waals surface area contributed by atoms with Crippen molar-refractivity contribution in [2.45, 2.75) is 6.92 Å². The molecule has 0 fully saturated rings. The van der Waals surface area contributed by atoms with Crippen LogP contribution >= 0.6 is 22.9 Å². The van der Waals surface area contributed by atoms with Crippen molar-refractivity contribution in [3.63, 3.8) is 0 Å². The van der Waals surface area contributed by atoms with Crippen LogP contribution in [0.2, 0.25) is 5.02 Å². The molecule has 0 bridgehead atoms. The van der Waals surface area contributed by atoms with Gasteiger partial charge >= 0.3 is 0 Å². The number of nitrogens with zero attached hydrogens (tertiary/aromatic N) is 2. The number of carbonyl (C=O) groups is 1. The summed E-state index contributed by atoms with van der Waals surface area (Å²) in [6.07, 6.45) is 0. The van der Waals surface area contributed by atoms with E-state index in [-0.39, 0.29) is 11.7 Å². The molecule has 110 valence electrons. The molecule has 2 aromatic rings. The topological polar surface area (TPSA) is 78.9 Å². The lowest BCUT2D eigenvalue weighted by atomic mass is 10.1. The van der Waals surface area contributed by atoms with Gasteiger partial charge in [0.1, 0.15) is 4.88 Å². The van der Waals surface area contributed by atoms with E-state index in [0.29, 0.717) is 21.2 Å². The highest BCUT2D eigenvalue weighted by molar-refractivity contribution is 7.13. The summed E-state index contributed by atoms with van der Waals surface area (Å²) in [5, 5.41) is 14.1. The Kier molecular flexibility index (Phi) is 4.50. The standard InChI is InChI=1S/C14H14ClN3O2S/c1-8-7-21-12(11(8)15)14(19)18(2)10-6-4-3-5-9(10)13(16)17-20/h3-7,20H,1-2H3,(H2,16,17). The molecular weight excluding hydrogens is 310 g/mol. The van der Waals surface area contributed by atoms with Gasteiger partial charge in [0.2, 0.25) is 0 Å². The Bertz CT molecular complexity index is 712. The van der Waals surface area contributed by atoms with Crippen LogP contribution in [0.4, 0.5) is 5.69 Å². The molecule has 1 amide bonds. The number of rotatable bonds is 3. The van der Waals surface area contributed by atoms with E-state index in [9.17, 15) is 4.79 Å². The van der Waals surface area contributed by atoms with Gasteiger partial charge in [0, 0.05) is 12.6 Å². The van der Waals surface area contributed by atoms with E-state index in [0.717, 1.165) is 5.56 Å². The van der Waals surface area contributed by atoms with E-state index in [1.165, 1.54) is 16.2 Å². The number of thiophene rings is 1. The number of amidine groups is 1. The Morgan fingerprint density at radius 3 is 2.67 bits per heavy atom. The zero-order chi connectivity index (χ0) is 15.6. The zero-order valence-corrected chi connectivity index (χ0v) is 13.1. The summed E-state index contributed by atoms with van der Waals surface area (Å²) in [6.45, 7) is 1.85. The van der Waals surface area contributed by atoms with Crippen LogP contribution in [0, 0.1) is 6.92 Å². The fourth-order valence-corrected chi connectivity index (χ4v) is 3.12. The van der Waals surface area contributed by atoms with Gasteiger partial charge in [-0.25, -0.2) is 0 Å². The predicted molar refractivity (Wildman–Crippen MR) is 85.8 cm³/mol. The van der Waals surface area contributed by atoms with Crippen LogP contribution in [0.15, 0.2) is 34.8 Å². The van der Waals surface area contributed by atoms with E-state index in [2.05, 4.69) is 5.16 Å². The largest absolute Gasteiger partial charge is 0.409 e. The van der Waals surface area contributed by atoms with Gasteiger partial charge in [-0.05, 0) is 30.0 Å². The van der Waals surface area contributed by atoms with Gasteiger partial charge in [0.15, 0.2) is 5.84 Å². The maximum Gasteiger partial charge on any atom is 0.269 e. The average molecular weight is 324 g/mol. The molecule has 0 spiro atoms. The Hall–Kier alpha value is -2.05. The SMILES string of the molecule is Cc1csc(C(=O)N(C)c2ccccc2/C(N)=N/O)c1Cl. The molecule has 2 rings (SSSR count). The fourth-order valence-electron chi connectivity index (χ4n) is 1.87. The van der Waals surface area contributed by atoms with Crippen LogP contribution < -0.4 is 10.6 Å². The first-order chi connectivity index (χ1) is 9.97. The van der Waals surface area contributed by atoms with Crippen molar-refractivity contribution in [3.8, 4) is 0 Å². The molecule has 5 nitrogen and oxygen atoms in total. The minimum Gasteiger partial charge on any atom is -0.409 e. The quantitative estimate of drug-likeness (QED) is 0.394. The number of anilines is 1. The number of para-hydroxylation sites is 1. The Balaban J connectivity index is 2.43. The molecule has 0 saturated carbocycles. The van der Waals surface area contributed by atoms with Crippen molar-refractivity contribution >= 4 is 40.4 Å². The summed E-state index contributed by atoms with van der Waals surface area (Å²) in [5.74, 6) is -0.296. The zero-order valence-electron chi connectivity index (χ0n) is 11.5. The van der Waals surface area contributed by atoms with Gasteiger partial charge < -0.3 is 15.8 Å². The van der Waals surface area contributed by atoms with Crippen molar-refractivity contribution in [2.24, 2.45) is 10.9 Å². The van der Waals surface area contributed by atoms with Crippen LogP contribution in [0.3, 0.4) is 0 Å². The summed E-state index contributed by atoms with van der Waals surface area (Å²) in [4.78, 5) is 14.5. The molecule has 0 aliphatic rings. The van der Waals surface area contributed by atoms with Crippen LogP contribution in [0.1, 0.15) is 20.8 Å². The van der Waals surface area contributed by atoms with Crippen LogP contribution in [0.25, 0.3) is 0 Å². The molecule has 7 heteroatoms. The van der Waals surface area contributed by atoms with Gasteiger partial charge in [0.05, 0.1) is 10.7 Å². The van der Waals surface area contributed by atoms with Crippen molar-refractivity contribution < 1.29 is 10.0 Å². The maximum absolute atomic E-state index is 12.6. The molecule has 1 heterocycles. The number of nitrogens with two attached hydrogens (primary N) is 1. The molecule has 0 radical (unpaired) electrons. The lowest BCUT2D eigenvalue weighted by Crippen LogP contribution is -2.28. The minimum atomic E-state index is -0.240. The second kappa shape index (κ2) is 6.15. The number of oxime groups is 1. The van der Waals surface area contributed by atoms with Gasteiger partial charge in [-0.2, -0.15) is 0 Å². The molecule has 0 saturated heterocycles. The Morgan fingerprint density at radius 2 is 2.10 bits per heavy atom. The molecule has 0 atom stereocenters. The van der Waals surface area contributed by atoms with E-state index in [4.69, 9.17) is 22.5 Å². The first kappa shape index (κ1) is 15.3. The highest BCUT2D eigenvalue weighted by atomic mass is 35.5. The summed E-state index contributed by atoms with van der Waals surface area (Å²) in [5.41, 5.74) is 7.52. The maximum atomic E-state index is 12.6. The van der Waals surface area contributed by atoms with Crippen molar-refractivity contribution in [1.82, 2.24) is 0 Å². The van der Waals surface area contributed by atoms with E-state index in [1.54, 1.807) is 31.3 Å². The number of halogens is 1. The number of benzene rings is 1. The normalized spacial score (nSPS) is 11.5. The first-order valence-corrected chi connectivity index (χ1v) is 7.31. The second-order valence-electron chi connectivity index (χ2n) is 4.43. The van der Waals surface area contributed by atoms with Gasteiger partial charge in [0.25, 0.3) is 5.91 Å². The number of hydrogen-bond acceptors (Lipinski definition) is 4. The first-order valence-electron chi connectivity index (χ1n) is 6.06. The van der Waals surface area contributed by atoms with Crippen molar-refractivity contribution in [3.05, 3.63) is 50.7 Å². The van der Waals surface area contributed by atoms with E-state index in [1.807, 2.05) is 12.3 Å². The van der Waals surface area contributed by atoms with Gasteiger partial charge in [-0.1, -0.05) is 28.9 Å². The highest BCUT2D eigenvalue weighted by Gasteiger charge is 2.22. The third kappa shape index (κ3) is 2.86. The van der Waals surface area contributed by atoms with Gasteiger partial charge in [-0.15, -0.1) is 11.3 Å². The predicted octanol–water partition coefficient (Wildman–Crippen LogP) is 3.08. The van der Waals surface area contributed by atoms with E-state index >= 15 is 0 Å². The number of aryl methyl sites for hydroxylation is 1. The summed E-state index contributed by atoms with van der Waals surface area (Å²) in [6, 6.07) is 6.92. The third-order valence-electron chi connectivity index (χ3n) is 3.05. The monoisotopic (exact) mass is 323 g/mol. The molecule has 21 heavy (non-hydrogen) atoms. The van der Waals surface area contributed by atoms with Crippen molar-refractivity contribution in [1.29, 1.82) is 0 Å². The number of hydrogen-bond donors (Lipinski definition) is 2. The number of amides is 1. The number of carbonyl (C=O) groups excluding carboxylic acids is 1. The molecular formula is C14H14ClN3O2S. The Labute approximate surface area is 131 Å². The molecule has 1 aromatic heterocycles. The fraction of sp³-hybridized carbons (Fsp3) is 0.143.